The van der Waals surface area contributed by atoms with E-state index < -0.39 is 0 Å². The quantitative estimate of drug-likeness (QED) is 0.892. The monoisotopic (exact) mass is 261 g/mol. The van der Waals surface area contributed by atoms with Gasteiger partial charge in [0.1, 0.15) is 0 Å². The van der Waals surface area contributed by atoms with E-state index in [1.807, 2.05) is 11.9 Å². The molecule has 1 amide bonds. The van der Waals surface area contributed by atoms with E-state index in [0.29, 0.717) is 13.1 Å². The second kappa shape index (κ2) is 5.61. The highest BCUT2D eigenvalue weighted by molar-refractivity contribution is 5.83. The van der Waals surface area contributed by atoms with Crippen LogP contribution in [0.1, 0.15) is 17.5 Å². The van der Waals surface area contributed by atoms with Crippen LogP contribution in [0.3, 0.4) is 0 Å². The predicted molar refractivity (Wildman–Crippen MR) is 78.4 cm³/mol. The molecule has 104 valence electrons. The van der Waals surface area contributed by atoms with Crippen molar-refractivity contribution in [2.45, 2.75) is 26.3 Å². The largest absolute Gasteiger partial charge is 0.360 e. The fourth-order valence-corrected chi connectivity index (χ4v) is 2.87. The fourth-order valence-electron chi connectivity index (χ4n) is 2.87. The molecule has 1 aromatic carbocycles. The lowest BCUT2D eigenvalue weighted by Gasteiger charge is -2.41. The Morgan fingerprint density at radius 1 is 1.32 bits per heavy atom. The van der Waals surface area contributed by atoms with Gasteiger partial charge < -0.3 is 15.5 Å². The standard InChI is InChI=1S/C15H23N3O/c1-11-5-4-6-12(2)15(11)18-9-13(7-8-16)17(3)14(19)10-18/h4-6,13H,7-10,16H2,1-3H3. The van der Waals surface area contributed by atoms with Gasteiger partial charge in [0.2, 0.25) is 5.91 Å². The number of piperazine rings is 1. The molecule has 0 radical (unpaired) electrons. The number of aryl methyl sites for hydroxylation is 2. The number of para-hydroxylation sites is 1. The Morgan fingerprint density at radius 3 is 2.53 bits per heavy atom. The molecule has 19 heavy (non-hydrogen) atoms. The van der Waals surface area contributed by atoms with Gasteiger partial charge in [-0.25, -0.2) is 0 Å². The lowest BCUT2D eigenvalue weighted by Crippen LogP contribution is -2.55. The highest BCUT2D eigenvalue weighted by Gasteiger charge is 2.30. The van der Waals surface area contributed by atoms with Gasteiger partial charge in [-0.1, -0.05) is 18.2 Å². The number of amides is 1. The van der Waals surface area contributed by atoms with Gasteiger partial charge in [-0.3, -0.25) is 4.79 Å². The van der Waals surface area contributed by atoms with Gasteiger partial charge in [-0.05, 0) is 37.9 Å². The van der Waals surface area contributed by atoms with Crippen LogP contribution in [-0.2, 0) is 4.79 Å². The van der Waals surface area contributed by atoms with Crippen LogP contribution in [0.4, 0.5) is 5.69 Å². The number of carbonyl (C=O) groups excluding carboxylic acids is 1. The Bertz CT molecular complexity index is 452. The van der Waals surface area contributed by atoms with Crippen molar-refractivity contribution in [3.8, 4) is 0 Å². The number of hydrogen-bond acceptors (Lipinski definition) is 3. The third kappa shape index (κ3) is 2.73. The lowest BCUT2D eigenvalue weighted by molar-refractivity contribution is -0.132. The number of rotatable bonds is 3. The number of hydrogen-bond donors (Lipinski definition) is 1. The number of likely N-dealkylation sites (N-methyl/N-ethyl adjacent to an activating group) is 1. The first-order valence-corrected chi connectivity index (χ1v) is 6.81. The van der Waals surface area contributed by atoms with Gasteiger partial charge in [0.15, 0.2) is 0 Å². The van der Waals surface area contributed by atoms with Gasteiger partial charge >= 0.3 is 0 Å². The Kier molecular flexibility index (Phi) is 4.10. The molecule has 1 atom stereocenters. The van der Waals surface area contributed by atoms with E-state index in [-0.39, 0.29) is 11.9 Å². The van der Waals surface area contributed by atoms with Crippen molar-refractivity contribution in [2.75, 3.05) is 31.6 Å². The van der Waals surface area contributed by atoms with Crippen molar-refractivity contribution < 1.29 is 4.79 Å². The van der Waals surface area contributed by atoms with Crippen molar-refractivity contribution in [1.82, 2.24) is 4.90 Å². The fraction of sp³-hybridized carbons (Fsp3) is 0.533. The van der Waals surface area contributed by atoms with Gasteiger partial charge in [-0.15, -0.1) is 0 Å². The molecular weight excluding hydrogens is 238 g/mol. The Hall–Kier alpha value is -1.55. The van der Waals surface area contributed by atoms with E-state index in [0.717, 1.165) is 13.0 Å². The molecule has 1 saturated heterocycles. The lowest BCUT2D eigenvalue weighted by atomic mass is 10.0. The summed E-state index contributed by atoms with van der Waals surface area (Å²) in [6, 6.07) is 6.47. The number of carbonyl (C=O) groups is 1. The van der Waals surface area contributed by atoms with Gasteiger partial charge in [0, 0.05) is 19.3 Å². The summed E-state index contributed by atoms with van der Waals surface area (Å²) >= 11 is 0. The number of nitrogens with two attached hydrogens (primary N) is 1. The summed E-state index contributed by atoms with van der Waals surface area (Å²) in [5.41, 5.74) is 9.31. The van der Waals surface area contributed by atoms with Crippen molar-refractivity contribution >= 4 is 11.6 Å². The minimum atomic E-state index is 0.173. The summed E-state index contributed by atoms with van der Waals surface area (Å²) in [6.45, 7) is 6.14. The van der Waals surface area contributed by atoms with E-state index in [1.165, 1.54) is 16.8 Å². The summed E-state index contributed by atoms with van der Waals surface area (Å²) in [7, 11) is 1.88. The molecule has 0 spiro atoms. The summed E-state index contributed by atoms with van der Waals surface area (Å²) in [5, 5.41) is 0. The Labute approximate surface area is 115 Å². The van der Waals surface area contributed by atoms with Crippen LogP contribution in [0, 0.1) is 13.8 Å². The maximum atomic E-state index is 12.1. The second-order valence-electron chi connectivity index (χ2n) is 5.36. The van der Waals surface area contributed by atoms with Crippen molar-refractivity contribution in [1.29, 1.82) is 0 Å². The van der Waals surface area contributed by atoms with E-state index in [1.54, 1.807) is 0 Å². The van der Waals surface area contributed by atoms with Gasteiger partial charge in [0.05, 0.1) is 12.6 Å². The zero-order chi connectivity index (χ0) is 14.0. The molecule has 1 heterocycles. The minimum absolute atomic E-state index is 0.173. The van der Waals surface area contributed by atoms with Crippen LogP contribution in [-0.4, -0.2) is 43.5 Å². The SMILES string of the molecule is Cc1cccc(C)c1N1CC(=O)N(C)C(CCN)C1. The highest BCUT2D eigenvalue weighted by atomic mass is 16.2. The summed E-state index contributed by atoms with van der Waals surface area (Å²) in [6.07, 6.45) is 0.851. The third-order valence-corrected chi connectivity index (χ3v) is 3.95. The maximum Gasteiger partial charge on any atom is 0.242 e. The molecule has 1 aliphatic rings. The predicted octanol–water partition coefficient (Wildman–Crippen LogP) is 1.30. The van der Waals surface area contributed by atoms with Crippen LogP contribution >= 0.6 is 0 Å². The van der Waals surface area contributed by atoms with E-state index >= 15 is 0 Å². The Balaban J connectivity index is 2.28. The average molecular weight is 261 g/mol. The Morgan fingerprint density at radius 2 is 1.95 bits per heavy atom. The van der Waals surface area contributed by atoms with Crippen LogP contribution in [0.2, 0.25) is 0 Å². The third-order valence-electron chi connectivity index (χ3n) is 3.95. The molecule has 1 aromatic rings. The molecule has 0 saturated carbocycles. The maximum absolute atomic E-state index is 12.1. The van der Waals surface area contributed by atoms with Crippen molar-refractivity contribution in [3.63, 3.8) is 0 Å². The molecule has 4 nitrogen and oxygen atoms in total. The summed E-state index contributed by atoms with van der Waals surface area (Å²) in [5.74, 6) is 0.173. The normalized spacial score (nSPS) is 20.0. The zero-order valence-electron chi connectivity index (χ0n) is 12.0. The van der Waals surface area contributed by atoms with Crippen LogP contribution in [0.25, 0.3) is 0 Å². The van der Waals surface area contributed by atoms with Gasteiger partial charge in [0.25, 0.3) is 0 Å². The van der Waals surface area contributed by atoms with E-state index in [2.05, 4.69) is 36.9 Å². The summed E-state index contributed by atoms with van der Waals surface area (Å²) < 4.78 is 0. The van der Waals surface area contributed by atoms with Crippen LogP contribution in [0.15, 0.2) is 18.2 Å². The van der Waals surface area contributed by atoms with Crippen LogP contribution < -0.4 is 10.6 Å². The highest BCUT2D eigenvalue weighted by Crippen LogP contribution is 2.27. The minimum Gasteiger partial charge on any atom is -0.360 e. The molecule has 1 aliphatic heterocycles. The molecule has 2 rings (SSSR count). The van der Waals surface area contributed by atoms with Crippen LogP contribution in [0.5, 0.6) is 0 Å². The number of anilines is 1. The molecule has 4 heteroatoms. The average Bonchev–Trinajstić information content (AvgIpc) is 2.35. The smallest absolute Gasteiger partial charge is 0.242 e. The first-order valence-electron chi connectivity index (χ1n) is 6.81. The molecule has 1 fully saturated rings. The molecule has 2 N–H and O–H groups in total. The first-order chi connectivity index (χ1) is 9.04. The second-order valence-corrected chi connectivity index (χ2v) is 5.36. The molecule has 0 aliphatic carbocycles. The van der Waals surface area contributed by atoms with Crippen molar-refractivity contribution in [3.05, 3.63) is 29.3 Å². The zero-order valence-corrected chi connectivity index (χ0v) is 12.0. The molecular formula is C15H23N3O. The van der Waals surface area contributed by atoms with Gasteiger partial charge in [-0.2, -0.15) is 0 Å². The number of nitrogens with zero attached hydrogens (tertiary/aromatic N) is 2. The summed E-state index contributed by atoms with van der Waals surface area (Å²) in [4.78, 5) is 16.2. The molecule has 0 aromatic heterocycles. The first kappa shape index (κ1) is 13.9. The molecule has 1 unspecified atom stereocenters. The van der Waals surface area contributed by atoms with Crippen molar-refractivity contribution in [2.24, 2.45) is 5.73 Å². The topological polar surface area (TPSA) is 49.6 Å². The number of benzene rings is 1. The molecule has 0 bridgehead atoms. The van der Waals surface area contributed by atoms with E-state index in [4.69, 9.17) is 5.73 Å². The van der Waals surface area contributed by atoms with E-state index in [9.17, 15) is 4.79 Å².